The summed E-state index contributed by atoms with van der Waals surface area (Å²) in [6.45, 7) is 17.3. The van der Waals surface area contributed by atoms with Crippen molar-refractivity contribution in [1.82, 2.24) is 9.55 Å². The molecule has 0 saturated heterocycles. The molecule has 4 aromatic carbocycles. The number of fused-ring (bicyclic) bond motifs is 4. The first kappa shape index (κ1) is 35.6. The van der Waals surface area contributed by atoms with Gasteiger partial charge in [0, 0.05) is 67.9 Å². The number of aliphatic hydroxyl groups is 1. The van der Waals surface area contributed by atoms with E-state index in [9.17, 15) is 9.90 Å². The number of aryl methyl sites for hydroxylation is 2. The summed E-state index contributed by atoms with van der Waals surface area (Å²) in [5.74, 6) is 0.547. The van der Waals surface area contributed by atoms with Gasteiger partial charge in [0.2, 0.25) is 0 Å². The average Bonchev–Trinajstić information content (AvgIpc) is 3.27. The zero-order chi connectivity index (χ0) is 32.6. The number of rotatable bonds is 8. The van der Waals surface area contributed by atoms with Gasteiger partial charge in [0.25, 0.3) is 0 Å². The Labute approximate surface area is 288 Å². The molecule has 0 bridgehead atoms. The zero-order valence-electron chi connectivity index (χ0n) is 29.0. The predicted molar refractivity (Wildman–Crippen MR) is 193 cm³/mol. The number of benzene rings is 4. The number of aliphatic hydroxyl groups excluding tert-OH is 1. The molecule has 5 heteroatoms. The Balaban J connectivity index is 0.000000259. The van der Waals surface area contributed by atoms with Gasteiger partial charge in [-0.15, -0.1) is 23.6 Å². The van der Waals surface area contributed by atoms with E-state index in [-0.39, 0.29) is 48.9 Å². The zero-order valence-corrected chi connectivity index (χ0v) is 31.4. The molecule has 0 spiro atoms. The van der Waals surface area contributed by atoms with Crippen molar-refractivity contribution in [2.75, 3.05) is 0 Å². The van der Waals surface area contributed by atoms with Gasteiger partial charge in [0.15, 0.2) is 5.78 Å². The maximum Gasteiger partial charge on any atom is 0.162 e. The van der Waals surface area contributed by atoms with Crippen LogP contribution in [0.4, 0.5) is 0 Å². The first-order chi connectivity index (χ1) is 21.4. The molecule has 0 unspecified atom stereocenters. The van der Waals surface area contributed by atoms with E-state index in [1.165, 1.54) is 55.2 Å². The van der Waals surface area contributed by atoms with Crippen LogP contribution in [0.2, 0.25) is 0 Å². The monoisotopic (exact) mass is 794 g/mol. The largest absolute Gasteiger partial charge is 0.512 e. The first-order valence-corrected chi connectivity index (χ1v) is 16.7. The van der Waals surface area contributed by atoms with Crippen LogP contribution < -0.4 is 0 Å². The quantitative estimate of drug-likeness (QED) is 0.0549. The van der Waals surface area contributed by atoms with Crippen LogP contribution in [0, 0.1) is 30.2 Å². The van der Waals surface area contributed by atoms with Crippen LogP contribution >= 0.6 is 0 Å². The molecule has 0 aliphatic rings. The van der Waals surface area contributed by atoms with Gasteiger partial charge in [-0.25, -0.2) is 0 Å². The number of ketones is 1. The molecule has 0 amide bonds. The van der Waals surface area contributed by atoms with E-state index < -0.39 is 0 Å². The van der Waals surface area contributed by atoms with Crippen LogP contribution in [0.1, 0.15) is 85.4 Å². The van der Waals surface area contributed by atoms with Crippen molar-refractivity contribution in [3.63, 3.8) is 0 Å². The number of allylic oxidation sites excluding steroid dienone is 2. The van der Waals surface area contributed by atoms with Gasteiger partial charge in [-0.3, -0.25) is 9.78 Å². The summed E-state index contributed by atoms with van der Waals surface area (Å²) in [5, 5.41) is 19.8. The minimum absolute atomic E-state index is 0. The van der Waals surface area contributed by atoms with Crippen LogP contribution in [0.3, 0.4) is 0 Å². The van der Waals surface area contributed by atoms with E-state index in [0.717, 1.165) is 48.4 Å². The SMILES string of the molecule is CCC(CC)C(=O)/C=C(\O)C(CC)CC.Cc1c2c3cc4ccccc4[c-]c3c3nccc4cc(CC(C)(C)C)c(c2c43)n1C.[Ir]. The van der Waals surface area contributed by atoms with Gasteiger partial charge < -0.3 is 9.67 Å². The molecule has 2 heterocycles. The first-order valence-electron chi connectivity index (χ1n) is 16.7. The van der Waals surface area contributed by atoms with Crippen molar-refractivity contribution in [1.29, 1.82) is 0 Å². The Morgan fingerprint density at radius 1 is 0.935 bits per heavy atom. The molecular formula is C41H49IrN2O2-. The van der Waals surface area contributed by atoms with E-state index in [0.29, 0.717) is 0 Å². The Bertz CT molecular complexity index is 2020. The topological polar surface area (TPSA) is 55.1 Å². The van der Waals surface area contributed by atoms with E-state index in [2.05, 4.69) is 87.8 Å². The summed E-state index contributed by atoms with van der Waals surface area (Å²) in [6.07, 6.45) is 7.91. The van der Waals surface area contributed by atoms with Crippen molar-refractivity contribution in [3.05, 3.63) is 77.8 Å². The second-order valence-electron chi connectivity index (χ2n) is 13.9. The molecule has 0 saturated carbocycles. The van der Waals surface area contributed by atoms with Gasteiger partial charge in [-0.2, -0.15) is 0 Å². The summed E-state index contributed by atoms with van der Waals surface area (Å²) < 4.78 is 2.40. The molecule has 0 aliphatic carbocycles. The summed E-state index contributed by atoms with van der Waals surface area (Å²) >= 11 is 0. The number of nitrogens with zero attached hydrogens (tertiary/aromatic N) is 2. The summed E-state index contributed by atoms with van der Waals surface area (Å²) in [5.41, 5.74) is 5.39. The van der Waals surface area contributed by atoms with Crippen LogP contribution in [-0.4, -0.2) is 20.4 Å². The Hall–Kier alpha value is -3.27. The predicted octanol–water partition coefficient (Wildman–Crippen LogP) is 11.2. The Morgan fingerprint density at radius 3 is 2.22 bits per heavy atom. The number of aromatic nitrogens is 2. The number of carbonyl (C=O) groups is 1. The van der Waals surface area contributed by atoms with Crippen molar-refractivity contribution in [3.8, 4) is 0 Å². The Kier molecular flexibility index (Phi) is 11.0. The van der Waals surface area contributed by atoms with Crippen molar-refractivity contribution >= 4 is 59.9 Å². The normalized spacial score (nSPS) is 12.5. The van der Waals surface area contributed by atoms with Crippen LogP contribution in [0.25, 0.3) is 54.1 Å². The van der Waals surface area contributed by atoms with E-state index >= 15 is 0 Å². The molecule has 1 N–H and O–H groups in total. The molecule has 0 fully saturated rings. The maximum atomic E-state index is 11.7. The fraction of sp³-hybridized carbons (Fsp3) is 0.415. The van der Waals surface area contributed by atoms with E-state index in [4.69, 9.17) is 4.98 Å². The second kappa shape index (κ2) is 14.2. The molecular weight excluding hydrogens is 745 g/mol. The molecule has 6 rings (SSSR count). The number of hydrogen-bond acceptors (Lipinski definition) is 3. The minimum atomic E-state index is 0. The van der Waals surface area contributed by atoms with Gasteiger partial charge in [0.05, 0.1) is 11.3 Å². The fourth-order valence-electron chi connectivity index (χ4n) is 7.09. The van der Waals surface area contributed by atoms with Gasteiger partial charge in [0.1, 0.15) is 0 Å². The maximum absolute atomic E-state index is 11.7. The fourth-order valence-corrected chi connectivity index (χ4v) is 7.09. The third-order valence-electron chi connectivity index (χ3n) is 9.65. The molecule has 6 aromatic rings. The molecule has 245 valence electrons. The summed E-state index contributed by atoms with van der Waals surface area (Å²) in [4.78, 5) is 16.6. The molecule has 4 nitrogen and oxygen atoms in total. The molecule has 2 aromatic heterocycles. The van der Waals surface area contributed by atoms with Crippen molar-refractivity contribution in [2.45, 2.75) is 87.5 Å². The molecule has 0 atom stereocenters. The number of pyridine rings is 1. The van der Waals surface area contributed by atoms with Crippen molar-refractivity contribution in [2.24, 2.45) is 24.3 Å². The third-order valence-corrected chi connectivity index (χ3v) is 9.65. The third kappa shape index (κ3) is 6.60. The Morgan fingerprint density at radius 2 is 1.59 bits per heavy atom. The van der Waals surface area contributed by atoms with E-state index in [1.54, 1.807) is 0 Å². The molecule has 1 radical (unpaired) electrons. The standard InChI is InChI=1S/C28H25N2.C13H24O2.Ir/c1-16-23-21-13-17-8-6-7-9-18(17)14-22(21)26-24-19(10-11-29-26)12-20(15-28(2,3)4)27(25(23)24)30(16)5;1-5-10(6-2)12(14)9-13(15)11(7-3)8-4;/h6-13H,15H2,1-5H3;9-11,14H,5-8H2,1-4H3;/q-1;;/b;12-9-;. The number of carbonyl (C=O) groups excluding carboxylic acids is 1. The van der Waals surface area contributed by atoms with Crippen molar-refractivity contribution < 1.29 is 30.0 Å². The van der Waals surface area contributed by atoms with E-state index in [1.807, 2.05) is 33.9 Å². The molecule has 46 heavy (non-hydrogen) atoms. The minimum Gasteiger partial charge on any atom is -0.512 e. The number of hydrogen-bond donors (Lipinski definition) is 1. The van der Waals surface area contributed by atoms with Crippen LogP contribution in [-0.2, 0) is 38.4 Å². The van der Waals surface area contributed by atoms with Crippen LogP contribution in [0.15, 0.2) is 60.5 Å². The summed E-state index contributed by atoms with van der Waals surface area (Å²) in [7, 11) is 2.21. The van der Waals surface area contributed by atoms with Gasteiger partial charge in [-0.1, -0.05) is 82.8 Å². The van der Waals surface area contributed by atoms with Gasteiger partial charge >= 0.3 is 0 Å². The van der Waals surface area contributed by atoms with Crippen LogP contribution in [0.5, 0.6) is 0 Å². The average molecular weight is 794 g/mol. The second-order valence-corrected chi connectivity index (χ2v) is 13.9. The van der Waals surface area contributed by atoms with Gasteiger partial charge in [-0.05, 0) is 78.3 Å². The smallest absolute Gasteiger partial charge is 0.162 e. The summed E-state index contributed by atoms with van der Waals surface area (Å²) in [6, 6.07) is 19.1. The molecule has 0 aliphatic heterocycles.